The fraction of sp³-hybridized carbons (Fsp3) is 0.611. The third-order valence-electron chi connectivity index (χ3n) is 4.38. The number of unbranched alkanes of at least 4 members (excludes halogenated alkanes) is 1. The van der Waals surface area contributed by atoms with E-state index < -0.39 is 0 Å². The first kappa shape index (κ1) is 16.8. The number of nitrogens with zero attached hydrogens (tertiary/aromatic N) is 1. The second kappa shape index (κ2) is 8.18. The van der Waals surface area contributed by atoms with Gasteiger partial charge in [0.2, 0.25) is 0 Å². The molecule has 1 aromatic carbocycles. The van der Waals surface area contributed by atoms with E-state index in [2.05, 4.69) is 11.8 Å². The van der Waals surface area contributed by atoms with Crippen molar-refractivity contribution in [3.05, 3.63) is 23.8 Å². The summed E-state index contributed by atoms with van der Waals surface area (Å²) in [7, 11) is 3.20. The van der Waals surface area contributed by atoms with Crippen molar-refractivity contribution in [3.63, 3.8) is 0 Å². The fourth-order valence-corrected chi connectivity index (χ4v) is 3.11. The van der Waals surface area contributed by atoms with Gasteiger partial charge in [-0.05, 0) is 50.6 Å². The van der Waals surface area contributed by atoms with Gasteiger partial charge in [-0.25, -0.2) is 0 Å². The Morgan fingerprint density at radius 2 is 1.86 bits per heavy atom. The first-order valence-corrected chi connectivity index (χ1v) is 8.21. The molecule has 2 rings (SSSR count). The molecule has 0 N–H and O–H groups in total. The zero-order valence-corrected chi connectivity index (χ0v) is 13.9. The van der Waals surface area contributed by atoms with Gasteiger partial charge in [0.05, 0.1) is 20.3 Å². The van der Waals surface area contributed by atoms with E-state index in [4.69, 9.17) is 9.47 Å². The summed E-state index contributed by atoms with van der Waals surface area (Å²) in [5.41, 5.74) is 0.714. The van der Waals surface area contributed by atoms with Crippen LogP contribution in [0.4, 0.5) is 0 Å². The van der Waals surface area contributed by atoms with Crippen LogP contribution < -0.4 is 9.47 Å². The van der Waals surface area contributed by atoms with E-state index in [0.29, 0.717) is 17.1 Å². The number of Topliss-reactive ketones (excluding diaryl/α,β-unsaturated/α-hetero) is 1. The highest BCUT2D eigenvalue weighted by Crippen LogP contribution is 2.29. The Labute approximate surface area is 133 Å². The standard InChI is InChI=1S/C18H27NO3/c1-4-5-8-15(19-11-6-7-12-19)18(20)14-9-10-16(21-2)17(13-14)22-3/h9-10,13,15H,4-8,11-12H2,1-3H3/t15-/m1/s1. The smallest absolute Gasteiger partial charge is 0.180 e. The molecule has 0 bridgehead atoms. The van der Waals surface area contributed by atoms with Gasteiger partial charge < -0.3 is 9.47 Å². The first-order valence-electron chi connectivity index (χ1n) is 8.21. The Morgan fingerprint density at radius 1 is 1.18 bits per heavy atom. The number of likely N-dealkylation sites (tertiary alicyclic amines) is 1. The zero-order chi connectivity index (χ0) is 15.9. The minimum absolute atomic E-state index is 0.000510. The summed E-state index contributed by atoms with van der Waals surface area (Å²) in [6, 6.07) is 5.46. The molecule has 1 fully saturated rings. The summed E-state index contributed by atoms with van der Waals surface area (Å²) in [5.74, 6) is 1.48. The summed E-state index contributed by atoms with van der Waals surface area (Å²) >= 11 is 0. The number of methoxy groups -OCH3 is 2. The molecule has 0 amide bonds. The van der Waals surface area contributed by atoms with Crippen molar-refractivity contribution in [2.24, 2.45) is 0 Å². The lowest BCUT2D eigenvalue weighted by Crippen LogP contribution is -2.39. The number of ether oxygens (including phenoxy) is 2. The third kappa shape index (κ3) is 3.80. The van der Waals surface area contributed by atoms with E-state index >= 15 is 0 Å². The predicted octanol–water partition coefficient (Wildman–Crippen LogP) is 3.54. The average molecular weight is 305 g/mol. The molecule has 0 aromatic heterocycles. The van der Waals surface area contributed by atoms with Gasteiger partial charge in [-0.1, -0.05) is 19.8 Å². The maximum absolute atomic E-state index is 13.0. The fourth-order valence-electron chi connectivity index (χ4n) is 3.11. The largest absolute Gasteiger partial charge is 0.493 e. The van der Waals surface area contributed by atoms with Crippen LogP contribution in [0, 0.1) is 0 Å². The molecule has 1 saturated heterocycles. The molecule has 1 heterocycles. The Balaban J connectivity index is 2.21. The Bertz CT molecular complexity index is 495. The Hall–Kier alpha value is -1.55. The van der Waals surface area contributed by atoms with Gasteiger partial charge in [0.15, 0.2) is 17.3 Å². The van der Waals surface area contributed by atoms with Gasteiger partial charge in [0.1, 0.15) is 0 Å². The van der Waals surface area contributed by atoms with Gasteiger partial charge in [-0.2, -0.15) is 0 Å². The topological polar surface area (TPSA) is 38.8 Å². The van der Waals surface area contributed by atoms with E-state index in [1.807, 2.05) is 12.1 Å². The molecule has 0 unspecified atom stereocenters. The molecule has 1 aliphatic rings. The normalized spacial score (nSPS) is 16.5. The van der Waals surface area contributed by atoms with E-state index in [1.165, 1.54) is 12.8 Å². The van der Waals surface area contributed by atoms with Gasteiger partial charge in [0.25, 0.3) is 0 Å². The molecule has 4 nitrogen and oxygen atoms in total. The lowest BCUT2D eigenvalue weighted by atomic mass is 9.98. The van der Waals surface area contributed by atoms with Crippen molar-refractivity contribution < 1.29 is 14.3 Å². The quantitative estimate of drug-likeness (QED) is 0.689. The zero-order valence-electron chi connectivity index (χ0n) is 13.9. The van der Waals surface area contributed by atoms with E-state index in [9.17, 15) is 4.79 Å². The predicted molar refractivity (Wildman–Crippen MR) is 88.0 cm³/mol. The summed E-state index contributed by atoms with van der Waals surface area (Å²) in [4.78, 5) is 15.3. The van der Waals surface area contributed by atoms with Crippen LogP contribution in [0.5, 0.6) is 11.5 Å². The van der Waals surface area contributed by atoms with Crippen LogP contribution >= 0.6 is 0 Å². The Kier molecular flexibility index (Phi) is 6.25. The molecule has 1 atom stereocenters. The highest BCUT2D eigenvalue weighted by molar-refractivity contribution is 6.00. The van der Waals surface area contributed by atoms with Gasteiger partial charge in [0, 0.05) is 5.56 Å². The van der Waals surface area contributed by atoms with Crippen molar-refractivity contribution in [1.82, 2.24) is 4.90 Å². The van der Waals surface area contributed by atoms with Gasteiger partial charge >= 0.3 is 0 Å². The second-order valence-corrected chi connectivity index (χ2v) is 5.84. The average Bonchev–Trinajstić information content (AvgIpc) is 3.08. The summed E-state index contributed by atoms with van der Waals surface area (Å²) in [6.45, 7) is 4.24. The number of rotatable bonds is 8. The van der Waals surface area contributed by atoms with Crippen LogP contribution in [-0.4, -0.2) is 44.0 Å². The molecule has 122 valence electrons. The highest BCUT2D eigenvalue weighted by atomic mass is 16.5. The van der Waals surface area contributed by atoms with Crippen LogP contribution in [0.15, 0.2) is 18.2 Å². The molecular weight excluding hydrogens is 278 g/mol. The number of ketones is 1. The van der Waals surface area contributed by atoms with Crippen LogP contribution in [0.2, 0.25) is 0 Å². The van der Waals surface area contributed by atoms with Crippen molar-refractivity contribution in [2.45, 2.75) is 45.1 Å². The molecule has 4 heteroatoms. The molecule has 1 aromatic rings. The molecule has 0 saturated carbocycles. The molecule has 22 heavy (non-hydrogen) atoms. The van der Waals surface area contributed by atoms with Gasteiger partial charge in [-0.15, -0.1) is 0 Å². The van der Waals surface area contributed by atoms with Crippen molar-refractivity contribution in [1.29, 1.82) is 0 Å². The minimum Gasteiger partial charge on any atom is -0.493 e. The highest BCUT2D eigenvalue weighted by Gasteiger charge is 2.28. The van der Waals surface area contributed by atoms with Crippen LogP contribution in [0.3, 0.4) is 0 Å². The molecule has 0 spiro atoms. The molecule has 0 radical (unpaired) electrons. The maximum atomic E-state index is 13.0. The van der Waals surface area contributed by atoms with Crippen LogP contribution in [-0.2, 0) is 0 Å². The molecular formula is C18H27NO3. The summed E-state index contributed by atoms with van der Waals surface area (Å²) in [6.07, 6.45) is 5.52. The number of hydrogen-bond acceptors (Lipinski definition) is 4. The van der Waals surface area contributed by atoms with Crippen molar-refractivity contribution in [3.8, 4) is 11.5 Å². The number of carbonyl (C=O) groups excluding carboxylic acids is 1. The lowest BCUT2D eigenvalue weighted by Gasteiger charge is -2.26. The van der Waals surface area contributed by atoms with Crippen LogP contribution in [0.1, 0.15) is 49.4 Å². The number of hydrogen-bond donors (Lipinski definition) is 0. The van der Waals surface area contributed by atoms with Gasteiger partial charge in [-0.3, -0.25) is 9.69 Å². The van der Waals surface area contributed by atoms with E-state index in [1.54, 1.807) is 20.3 Å². The van der Waals surface area contributed by atoms with E-state index in [-0.39, 0.29) is 11.8 Å². The number of carbonyl (C=O) groups is 1. The lowest BCUT2D eigenvalue weighted by molar-refractivity contribution is 0.0835. The molecule has 0 aliphatic carbocycles. The second-order valence-electron chi connectivity index (χ2n) is 5.84. The van der Waals surface area contributed by atoms with Crippen molar-refractivity contribution in [2.75, 3.05) is 27.3 Å². The minimum atomic E-state index is 0.000510. The first-order chi connectivity index (χ1) is 10.7. The Morgan fingerprint density at radius 3 is 2.45 bits per heavy atom. The summed E-state index contributed by atoms with van der Waals surface area (Å²) in [5, 5.41) is 0. The monoisotopic (exact) mass is 305 g/mol. The van der Waals surface area contributed by atoms with Crippen molar-refractivity contribution >= 4 is 5.78 Å². The maximum Gasteiger partial charge on any atom is 0.180 e. The van der Waals surface area contributed by atoms with Crippen LogP contribution in [0.25, 0.3) is 0 Å². The van der Waals surface area contributed by atoms with E-state index in [0.717, 1.165) is 32.4 Å². The third-order valence-corrected chi connectivity index (χ3v) is 4.38. The number of benzene rings is 1. The summed E-state index contributed by atoms with van der Waals surface area (Å²) < 4.78 is 10.6. The SMILES string of the molecule is CCCC[C@H](C(=O)c1ccc(OC)c(OC)c1)N1CCCC1. The molecule has 1 aliphatic heterocycles.